The first-order valence-electron chi connectivity index (χ1n) is 7.78. The fourth-order valence-corrected chi connectivity index (χ4v) is 2.08. The number of nitrogens with zero attached hydrogens (tertiary/aromatic N) is 1. The van der Waals surface area contributed by atoms with Crippen molar-refractivity contribution in [2.75, 3.05) is 13.7 Å². The maximum absolute atomic E-state index is 13.3. The van der Waals surface area contributed by atoms with E-state index in [1.807, 2.05) is 0 Å². The molecular weight excluding hydrogens is 341 g/mol. The molecule has 0 radical (unpaired) electrons. The molecule has 1 aromatic carbocycles. The van der Waals surface area contributed by atoms with Gasteiger partial charge in [-0.2, -0.15) is 0 Å². The molecule has 0 aliphatic carbocycles. The highest BCUT2D eigenvalue weighted by molar-refractivity contribution is 5.97. The van der Waals surface area contributed by atoms with Crippen molar-refractivity contribution >= 4 is 17.8 Å². The van der Waals surface area contributed by atoms with E-state index in [1.54, 1.807) is 18.2 Å². The molecule has 1 aromatic heterocycles. The number of nitrogens with one attached hydrogen (secondary N) is 2. The second-order valence-electron chi connectivity index (χ2n) is 5.43. The number of aromatic nitrogens is 1. The van der Waals surface area contributed by atoms with E-state index in [0.29, 0.717) is 11.3 Å². The molecule has 2 amide bonds. The maximum atomic E-state index is 13.3. The molecule has 0 saturated carbocycles. The number of methoxy groups -OCH3 is 1. The fraction of sp³-hybridized carbons (Fsp3) is 0.222. The summed E-state index contributed by atoms with van der Waals surface area (Å²) in [6, 6.07) is 8.22. The van der Waals surface area contributed by atoms with Crippen molar-refractivity contribution in [1.29, 1.82) is 0 Å². The number of esters is 1. The molecule has 0 saturated heterocycles. The number of benzene rings is 1. The number of pyridine rings is 1. The lowest BCUT2D eigenvalue weighted by Gasteiger charge is -2.13. The molecule has 0 aliphatic rings. The van der Waals surface area contributed by atoms with Crippen LogP contribution in [0.5, 0.6) is 0 Å². The Labute approximate surface area is 149 Å². The third kappa shape index (κ3) is 5.10. The molecule has 2 N–H and O–H groups in total. The van der Waals surface area contributed by atoms with Gasteiger partial charge in [-0.15, -0.1) is 0 Å². The van der Waals surface area contributed by atoms with Crippen LogP contribution in [0.15, 0.2) is 42.6 Å². The zero-order valence-corrected chi connectivity index (χ0v) is 14.3. The predicted octanol–water partition coefficient (Wildman–Crippen LogP) is 1.30. The third-order valence-electron chi connectivity index (χ3n) is 3.52. The number of carbonyl (C=O) groups is 3. The van der Waals surface area contributed by atoms with Gasteiger partial charge in [0, 0.05) is 11.8 Å². The van der Waals surface area contributed by atoms with Crippen LogP contribution in [-0.4, -0.2) is 42.5 Å². The lowest BCUT2D eigenvalue weighted by Crippen LogP contribution is -2.46. The molecule has 26 heavy (non-hydrogen) atoms. The van der Waals surface area contributed by atoms with Crippen LogP contribution >= 0.6 is 0 Å². The Bertz CT molecular complexity index is 808. The van der Waals surface area contributed by atoms with E-state index in [0.717, 1.165) is 0 Å². The zero-order chi connectivity index (χ0) is 19.1. The van der Waals surface area contributed by atoms with E-state index in [1.165, 1.54) is 38.4 Å². The SMILES string of the molecule is COC(=O)CNC(=O)[C@H](C)NC(=O)c1ccc(-c2cccc(F)c2)nc1. The standard InChI is InChI=1S/C18H18FN3O4/c1-11(17(24)21-10-16(23)26-2)22-18(25)13-6-7-15(20-9-13)12-4-3-5-14(19)8-12/h3-9,11H,10H2,1-2H3,(H,21,24)(H,22,25)/t11-/m0/s1. The second-order valence-corrected chi connectivity index (χ2v) is 5.43. The smallest absolute Gasteiger partial charge is 0.325 e. The minimum Gasteiger partial charge on any atom is -0.468 e. The Hall–Kier alpha value is -3.29. The molecule has 136 valence electrons. The number of ether oxygens (including phenoxy) is 1. The molecular formula is C18H18FN3O4. The highest BCUT2D eigenvalue weighted by atomic mass is 19.1. The lowest BCUT2D eigenvalue weighted by atomic mass is 10.1. The molecule has 0 aliphatic heterocycles. The average Bonchev–Trinajstić information content (AvgIpc) is 2.65. The van der Waals surface area contributed by atoms with Gasteiger partial charge in [-0.1, -0.05) is 12.1 Å². The Morgan fingerprint density at radius 2 is 2.00 bits per heavy atom. The molecule has 0 fully saturated rings. The number of hydrogen-bond acceptors (Lipinski definition) is 5. The summed E-state index contributed by atoms with van der Waals surface area (Å²) in [5.41, 5.74) is 1.36. The van der Waals surface area contributed by atoms with Crippen molar-refractivity contribution < 1.29 is 23.5 Å². The zero-order valence-electron chi connectivity index (χ0n) is 14.3. The lowest BCUT2D eigenvalue weighted by molar-refractivity contribution is -0.141. The molecule has 8 heteroatoms. The molecule has 0 bridgehead atoms. The van der Waals surface area contributed by atoms with Gasteiger partial charge < -0.3 is 15.4 Å². The van der Waals surface area contributed by atoms with Crippen molar-refractivity contribution in [1.82, 2.24) is 15.6 Å². The van der Waals surface area contributed by atoms with E-state index >= 15 is 0 Å². The van der Waals surface area contributed by atoms with Crippen molar-refractivity contribution in [3.8, 4) is 11.3 Å². The maximum Gasteiger partial charge on any atom is 0.325 e. The summed E-state index contributed by atoms with van der Waals surface area (Å²) in [7, 11) is 1.21. The van der Waals surface area contributed by atoms with Crippen LogP contribution in [0.25, 0.3) is 11.3 Å². The first kappa shape index (κ1) is 19.0. The topological polar surface area (TPSA) is 97.4 Å². The Kier molecular flexibility index (Phi) is 6.37. The van der Waals surface area contributed by atoms with Crippen LogP contribution in [0.3, 0.4) is 0 Å². The molecule has 2 rings (SSSR count). The quantitative estimate of drug-likeness (QED) is 0.758. The Morgan fingerprint density at radius 1 is 1.23 bits per heavy atom. The highest BCUT2D eigenvalue weighted by Crippen LogP contribution is 2.17. The van der Waals surface area contributed by atoms with E-state index in [4.69, 9.17) is 0 Å². The summed E-state index contributed by atoms with van der Waals surface area (Å²) in [4.78, 5) is 39.1. The number of amides is 2. The Balaban J connectivity index is 1.97. The van der Waals surface area contributed by atoms with Crippen molar-refractivity contribution in [2.24, 2.45) is 0 Å². The number of halogens is 1. The predicted molar refractivity (Wildman–Crippen MR) is 91.6 cm³/mol. The van der Waals surface area contributed by atoms with Gasteiger partial charge in [-0.3, -0.25) is 19.4 Å². The molecule has 1 atom stereocenters. The van der Waals surface area contributed by atoms with Gasteiger partial charge in [-0.25, -0.2) is 4.39 Å². The minimum absolute atomic E-state index is 0.248. The van der Waals surface area contributed by atoms with E-state index < -0.39 is 23.8 Å². The van der Waals surface area contributed by atoms with Crippen LogP contribution in [0.4, 0.5) is 4.39 Å². The molecule has 1 heterocycles. The van der Waals surface area contributed by atoms with Gasteiger partial charge in [-0.05, 0) is 31.2 Å². The van der Waals surface area contributed by atoms with Crippen LogP contribution < -0.4 is 10.6 Å². The second kappa shape index (κ2) is 8.70. The fourth-order valence-electron chi connectivity index (χ4n) is 2.08. The van der Waals surface area contributed by atoms with Crippen LogP contribution in [0.2, 0.25) is 0 Å². The van der Waals surface area contributed by atoms with Gasteiger partial charge in [0.15, 0.2) is 0 Å². The van der Waals surface area contributed by atoms with Crippen molar-refractivity contribution in [2.45, 2.75) is 13.0 Å². The molecule has 0 spiro atoms. The summed E-state index contributed by atoms with van der Waals surface area (Å²) in [6.45, 7) is 1.21. The van der Waals surface area contributed by atoms with Gasteiger partial charge in [0.05, 0.1) is 18.4 Å². The number of rotatable bonds is 6. The normalized spacial score (nSPS) is 11.3. The number of hydrogen-bond donors (Lipinski definition) is 2. The summed E-state index contributed by atoms with van der Waals surface area (Å²) < 4.78 is 17.7. The van der Waals surface area contributed by atoms with Crippen LogP contribution in [0.1, 0.15) is 17.3 Å². The van der Waals surface area contributed by atoms with Crippen LogP contribution in [0, 0.1) is 5.82 Å². The monoisotopic (exact) mass is 359 g/mol. The summed E-state index contributed by atoms with van der Waals surface area (Å²) in [5, 5.41) is 4.85. The summed E-state index contributed by atoms with van der Waals surface area (Å²) in [6.07, 6.45) is 1.34. The first-order valence-corrected chi connectivity index (χ1v) is 7.78. The largest absolute Gasteiger partial charge is 0.468 e. The van der Waals surface area contributed by atoms with Crippen molar-refractivity contribution in [3.63, 3.8) is 0 Å². The van der Waals surface area contributed by atoms with Gasteiger partial charge in [0.25, 0.3) is 5.91 Å². The minimum atomic E-state index is -0.852. The van der Waals surface area contributed by atoms with E-state index in [-0.39, 0.29) is 17.9 Å². The van der Waals surface area contributed by atoms with E-state index in [9.17, 15) is 18.8 Å². The van der Waals surface area contributed by atoms with Gasteiger partial charge in [0.1, 0.15) is 18.4 Å². The van der Waals surface area contributed by atoms with Crippen molar-refractivity contribution in [3.05, 3.63) is 54.0 Å². The molecule has 0 unspecified atom stereocenters. The van der Waals surface area contributed by atoms with Crippen LogP contribution in [-0.2, 0) is 14.3 Å². The number of carbonyl (C=O) groups excluding carboxylic acids is 3. The van der Waals surface area contributed by atoms with Gasteiger partial charge >= 0.3 is 5.97 Å². The molecule has 2 aromatic rings. The Morgan fingerprint density at radius 3 is 2.62 bits per heavy atom. The summed E-state index contributed by atoms with van der Waals surface area (Å²) >= 11 is 0. The average molecular weight is 359 g/mol. The third-order valence-corrected chi connectivity index (χ3v) is 3.52. The summed E-state index contributed by atoms with van der Waals surface area (Å²) in [5.74, 6) is -1.98. The van der Waals surface area contributed by atoms with Gasteiger partial charge in [0.2, 0.25) is 5.91 Å². The highest BCUT2D eigenvalue weighted by Gasteiger charge is 2.17. The van der Waals surface area contributed by atoms with E-state index in [2.05, 4.69) is 20.4 Å². The molecule has 7 nitrogen and oxygen atoms in total. The first-order chi connectivity index (χ1) is 12.4.